The second-order valence-corrected chi connectivity index (χ2v) is 31.0. The third-order valence-corrected chi connectivity index (χ3v) is 20.2. The smallest absolute Gasteiger partial charge is 0.304 e. The van der Waals surface area contributed by atoms with E-state index in [1.54, 1.807) is 80.9 Å². The Kier molecular flexibility index (Phi) is 31.9. The Morgan fingerprint density at radius 1 is 0.404 bits per heavy atom. The lowest BCUT2D eigenvalue weighted by Gasteiger charge is -2.18. The maximum Gasteiger partial charge on any atom is 0.327 e. The summed E-state index contributed by atoms with van der Waals surface area (Å²) in [6.45, 7) is 37.0. The van der Waals surface area contributed by atoms with Gasteiger partial charge in [-0.15, -0.1) is 0 Å². The minimum absolute atomic E-state index is 0.0280. The summed E-state index contributed by atoms with van der Waals surface area (Å²) < 4.78 is 24.8. The van der Waals surface area contributed by atoms with Crippen LogP contribution >= 0.6 is 46.4 Å². The number of halogens is 5. The molecular formula is C81H106Cl4FN21O7. The summed E-state index contributed by atoms with van der Waals surface area (Å²) in [5, 5.41) is 2.00. The van der Waals surface area contributed by atoms with E-state index in [9.17, 15) is 38.0 Å². The van der Waals surface area contributed by atoms with Crippen LogP contribution in [0.4, 0.5) is 4.39 Å². The van der Waals surface area contributed by atoms with Gasteiger partial charge in [0.25, 0.3) is 0 Å². The molecule has 7 N–H and O–H groups in total. The van der Waals surface area contributed by atoms with Crippen molar-refractivity contribution in [1.29, 1.82) is 0 Å². The first-order valence-electron chi connectivity index (χ1n) is 38.9. The van der Waals surface area contributed by atoms with Gasteiger partial charge in [-0.25, -0.2) is 72.8 Å². The van der Waals surface area contributed by atoms with Crippen LogP contribution < -0.4 is 39.8 Å². The summed E-state index contributed by atoms with van der Waals surface area (Å²) in [5.74, 6) is 0.466. The average Bonchev–Trinajstić information content (AvgIpc) is 1.75. The van der Waals surface area contributed by atoms with Crippen LogP contribution in [0.3, 0.4) is 0 Å². The SMILES string of the molecule is C/C=C\c1ccc2[nH]c(=O)n(C(CC)CC)c2n1.CC(C)(C)Cn1c(=O)[nH]c2cc(Cl)cnc21.CC(C)Cn1c(=O)[nH]c2cc(Cl)cnc21.CCC(CC)Cn1c(=O)[nH]c2cc(Cl)cnc21.CCC(CC)n1c(=O)[nH]c2cc(F)cnc21.CCC(CC)n1c(=O)[nH]c2ccc(C)nc21.CCC(CC)n1c(=O)[nH]c2ccc(Cl)nc21. The molecule has 0 radical (unpaired) electrons. The fourth-order valence-electron chi connectivity index (χ4n) is 13.5. The molecule has 0 aromatic carbocycles. The number of rotatable bonds is 20. The second kappa shape index (κ2) is 40.7. The zero-order valence-electron chi connectivity index (χ0n) is 67.9. The van der Waals surface area contributed by atoms with Crippen molar-refractivity contribution in [2.24, 2.45) is 17.3 Å². The van der Waals surface area contributed by atoms with Crippen molar-refractivity contribution in [2.45, 2.75) is 226 Å². The molecule has 33 heteroatoms. The highest BCUT2D eigenvalue weighted by Crippen LogP contribution is 2.26. The Bertz CT molecular complexity index is 5910. The highest BCUT2D eigenvalue weighted by Gasteiger charge is 2.22. The number of nitrogens with one attached hydrogen (secondary N) is 7. The summed E-state index contributed by atoms with van der Waals surface area (Å²) in [7, 11) is 0. The van der Waals surface area contributed by atoms with Crippen LogP contribution in [0.25, 0.3) is 84.2 Å². The lowest BCUT2D eigenvalue weighted by atomic mass is 9.97. The van der Waals surface area contributed by atoms with Gasteiger partial charge in [0.05, 0.1) is 65.6 Å². The van der Waals surface area contributed by atoms with Crippen molar-refractivity contribution in [2.75, 3.05) is 0 Å². The molecule has 0 bridgehead atoms. The maximum atomic E-state index is 12.9. The van der Waals surface area contributed by atoms with Gasteiger partial charge >= 0.3 is 39.8 Å². The van der Waals surface area contributed by atoms with E-state index in [0.717, 1.165) is 110 Å². The molecule has 0 unspecified atom stereocenters. The van der Waals surface area contributed by atoms with E-state index < -0.39 is 5.82 Å². The van der Waals surface area contributed by atoms with E-state index in [-0.39, 0.29) is 69.4 Å². The van der Waals surface area contributed by atoms with Crippen molar-refractivity contribution < 1.29 is 4.39 Å². The lowest BCUT2D eigenvalue weighted by Crippen LogP contribution is -2.24. The molecule has 0 saturated heterocycles. The standard InChI is InChI=1S/C14H19N3O.C12H16ClN3O.C12H17N3O.2C11H14ClN3O.C11H14FN3O.C10H12ClN3O/c1-4-7-10-8-9-12-13(15-10)17(14(18)16-12)11(5-2)6-3;1-3-8(4-2)7-16-11-10(15-12(16)17)5-9(13)6-14-11;1-4-9(5-2)15-11-10(14-12(15)16)7-6-8(3)13-11;1-11(2,3)6-15-9-8(14-10(15)16)4-7(12)5-13-9;1-3-7(4-2)15-10-8(13-11(15)16)5-6-9(12)14-10;1-3-8(4-2)15-10-9(14-11(15)16)5-7(12)6-13-10;1-6(2)5-14-9-8(13-10(14)15)3-7(11)4-12-9/h4,7-9,11H,5-6H2,1-3H3,(H,16,18);5-6,8H,3-4,7H2,1-2H3,(H,15,17);6-7,9H,4-5H2,1-3H3,(H,14,16);4-5H,6H2,1-3H3,(H,14,16);5-7H,3-4H2,1-2H3,(H,13,16);5-6,8H,3-4H2,1-2H3,(H,14,16);3-4,6H,5H2,1-2H3,(H,13,15)/b7-4-;;;;;;. The van der Waals surface area contributed by atoms with Gasteiger partial charge in [0.2, 0.25) is 0 Å². The predicted octanol–water partition coefficient (Wildman–Crippen LogP) is 17.7. The molecule has 28 nitrogen and oxygen atoms in total. The third-order valence-electron chi connectivity index (χ3n) is 19.4. The highest BCUT2D eigenvalue weighted by molar-refractivity contribution is 6.31. The summed E-state index contributed by atoms with van der Waals surface area (Å²) in [5.41, 5.74) is 10.6. The molecule has 14 rings (SSSR count). The molecule has 0 aliphatic carbocycles. The van der Waals surface area contributed by atoms with E-state index in [1.807, 2.05) is 64.1 Å². The minimum atomic E-state index is -0.439. The number of hydrogen-bond donors (Lipinski definition) is 7. The number of imidazole rings is 7. The number of nitrogens with zero attached hydrogens (tertiary/aromatic N) is 14. The first-order chi connectivity index (χ1) is 54.3. The molecule has 114 heavy (non-hydrogen) atoms. The summed E-state index contributed by atoms with van der Waals surface area (Å²) in [6.07, 6.45) is 19.1. The normalized spacial score (nSPS) is 11.7. The Balaban J connectivity index is 0.000000167. The Morgan fingerprint density at radius 2 is 0.746 bits per heavy atom. The van der Waals surface area contributed by atoms with Crippen molar-refractivity contribution >= 4 is 131 Å². The van der Waals surface area contributed by atoms with Crippen LogP contribution in [0, 0.1) is 30.0 Å². The van der Waals surface area contributed by atoms with Gasteiger partial charge in [-0.1, -0.05) is 169 Å². The van der Waals surface area contributed by atoms with Crippen molar-refractivity contribution in [3.05, 3.63) is 202 Å². The van der Waals surface area contributed by atoms with Crippen molar-refractivity contribution in [3.8, 4) is 0 Å². The Morgan fingerprint density at radius 3 is 1.15 bits per heavy atom. The first-order valence-corrected chi connectivity index (χ1v) is 40.4. The fourth-order valence-corrected chi connectivity index (χ4v) is 14.1. The monoisotopic (exact) mass is 1640 g/mol. The Hall–Kier alpha value is -10.2. The molecule has 0 aliphatic heterocycles. The lowest BCUT2D eigenvalue weighted by molar-refractivity contribution is 0.343. The van der Waals surface area contributed by atoms with Crippen LogP contribution in [0.15, 0.2) is 125 Å². The zero-order chi connectivity index (χ0) is 83.6. The van der Waals surface area contributed by atoms with Crippen LogP contribution in [-0.4, -0.2) is 102 Å². The maximum absolute atomic E-state index is 12.9. The third kappa shape index (κ3) is 22.0. The number of aryl methyl sites for hydroxylation is 1. The number of aromatic amines is 7. The molecule has 0 aliphatic rings. The van der Waals surface area contributed by atoms with Crippen LogP contribution in [-0.2, 0) is 19.6 Å². The predicted molar refractivity (Wildman–Crippen MR) is 459 cm³/mol. The van der Waals surface area contributed by atoms with Crippen LogP contribution in [0.2, 0.25) is 20.2 Å². The molecule has 0 fully saturated rings. The van der Waals surface area contributed by atoms with Gasteiger partial charge < -0.3 is 34.9 Å². The molecule has 14 aromatic rings. The number of H-pyrrole nitrogens is 7. The molecule has 0 spiro atoms. The number of pyridine rings is 7. The van der Waals surface area contributed by atoms with Gasteiger partial charge in [-0.2, -0.15) is 0 Å². The summed E-state index contributed by atoms with van der Waals surface area (Å²) in [4.78, 5) is 132. The quantitative estimate of drug-likeness (QED) is 0.0349. The number of fused-ring (bicyclic) bond motifs is 7. The zero-order valence-corrected chi connectivity index (χ0v) is 70.9. The van der Waals surface area contributed by atoms with Crippen LogP contribution in [0.5, 0.6) is 0 Å². The largest absolute Gasteiger partial charge is 0.327 e. The van der Waals surface area contributed by atoms with E-state index >= 15 is 0 Å². The van der Waals surface area contributed by atoms with E-state index in [0.29, 0.717) is 102 Å². The number of aromatic nitrogens is 21. The van der Waals surface area contributed by atoms with Crippen molar-refractivity contribution in [3.63, 3.8) is 0 Å². The van der Waals surface area contributed by atoms with Gasteiger partial charge in [0.15, 0.2) is 39.5 Å². The van der Waals surface area contributed by atoms with Gasteiger partial charge in [0, 0.05) is 74.2 Å². The molecule has 0 saturated carbocycles. The number of allylic oxidation sites excluding steroid dienone is 1. The highest BCUT2D eigenvalue weighted by atomic mass is 35.5. The molecular weight excluding hydrogens is 1540 g/mol. The van der Waals surface area contributed by atoms with Crippen LogP contribution in [0.1, 0.15) is 211 Å². The molecule has 612 valence electrons. The van der Waals surface area contributed by atoms with E-state index in [4.69, 9.17) is 46.4 Å². The molecule has 14 aromatic heterocycles. The van der Waals surface area contributed by atoms with Gasteiger partial charge in [-0.3, -0.25) is 32.0 Å². The van der Waals surface area contributed by atoms with Gasteiger partial charge in [0.1, 0.15) is 11.0 Å². The van der Waals surface area contributed by atoms with Gasteiger partial charge in [-0.05, 0) is 143 Å². The number of hydrogen-bond acceptors (Lipinski definition) is 14. The molecule has 0 atom stereocenters. The minimum Gasteiger partial charge on any atom is -0.304 e. The van der Waals surface area contributed by atoms with E-state index in [2.05, 4.69) is 160 Å². The van der Waals surface area contributed by atoms with E-state index in [1.165, 1.54) is 6.07 Å². The molecule has 14 heterocycles. The van der Waals surface area contributed by atoms with Crippen molar-refractivity contribution in [1.82, 2.24) is 102 Å². The topological polar surface area (TPSA) is 355 Å². The second-order valence-electron chi connectivity index (χ2n) is 29.4. The summed E-state index contributed by atoms with van der Waals surface area (Å²) >= 11 is 23.3. The average molecular weight is 1650 g/mol. The fraction of sp³-hybridized carbons (Fsp3) is 0.457. The Labute approximate surface area is 678 Å². The first kappa shape index (κ1) is 89.3. The molecule has 0 amide bonds. The summed E-state index contributed by atoms with van der Waals surface area (Å²) in [6, 6.07) is 18.3.